The first kappa shape index (κ1) is 84.9. The normalized spacial score (nSPS) is 21.5. The number of carbonyl (C=O) groups excluding carboxylic acids is 5. The average Bonchev–Trinajstić information content (AvgIpc) is 1.63. The molecule has 0 radical (unpaired) electrons. The highest BCUT2D eigenvalue weighted by molar-refractivity contribution is 7.87. The van der Waals surface area contributed by atoms with Gasteiger partial charge in [-0.05, 0) is 153 Å². The van der Waals surface area contributed by atoms with Crippen molar-refractivity contribution in [1.29, 1.82) is 0 Å². The van der Waals surface area contributed by atoms with Crippen molar-refractivity contribution in [3.8, 4) is 0 Å². The second-order valence-corrected chi connectivity index (χ2v) is 34.5. The average molecular weight is 1630 g/mol. The Hall–Kier alpha value is -6.71. The second-order valence-electron chi connectivity index (χ2n) is 28.0. The fourth-order valence-electron chi connectivity index (χ4n) is 10.8. The number of hydrogen-bond donors (Lipinski definition) is 5. The summed E-state index contributed by atoms with van der Waals surface area (Å²) in [6, 6.07) is 22.7. The first-order chi connectivity index (χ1) is 49.3. The molecule has 26 nitrogen and oxygen atoms in total. The number of ether oxygens (including phenoxy) is 1. The van der Waals surface area contributed by atoms with E-state index < -0.39 is 45.2 Å². The number of halogens is 6. The number of nitrogens with zero attached hydrogens (tertiary/aromatic N) is 10. The number of allylic oxidation sites excluding steroid dienone is 1. The van der Waals surface area contributed by atoms with Crippen molar-refractivity contribution in [2.24, 2.45) is 5.92 Å². The summed E-state index contributed by atoms with van der Waals surface area (Å²) in [5, 5.41) is 19.5. The number of piperazine rings is 4. The zero-order chi connectivity index (χ0) is 78.5. The summed E-state index contributed by atoms with van der Waals surface area (Å²) in [7, 11) is 4.83. The lowest BCUT2D eigenvalue weighted by atomic mass is 9.79. The molecule has 106 heavy (non-hydrogen) atoms. The number of hydrogen-bond acceptors (Lipinski definition) is 24. The number of thiol groups is 1. The van der Waals surface area contributed by atoms with Crippen LogP contribution < -0.4 is 21.8 Å². The summed E-state index contributed by atoms with van der Waals surface area (Å²) in [5.74, 6) is -1.32. The first-order valence-electron chi connectivity index (χ1n) is 33.2. The fourth-order valence-corrected chi connectivity index (χ4v) is 15.2. The Bertz CT molecular complexity index is 4520. The number of amides is 5. The van der Waals surface area contributed by atoms with Crippen LogP contribution in [0.2, 0.25) is 15.1 Å². The van der Waals surface area contributed by atoms with Crippen LogP contribution in [0.25, 0.3) is 30.6 Å². The van der Waals surface area contributed by atoms with Crippen LogP contribution in [0.1, 0.15) is 95.0 Å². The number of thiazole rings is 3. The third-order valence-electron chi connectivity index (χ3n) is 17.7. The van der Waals surface area contributed by atoms with Gasteiger partial charge in [0.2, 0.25) is 29.5 Å². The molecule has 4 unspecified atom stereocenters. The smallest absolute Gasteiger partial charge is 0.480 e. The van der Waals surface area contributed by atoms with Crippen molar-refractivity contribution in [2.75, 3.05) is 107 Å². The quantitative estimate of drug-likeness (QED) is 0.0326. The number of rotatable bonds is 7. The van der Waals surface area contributed by atoms with E-state index in [1.54, 1.807) is 102 Å². The van der Waals surface area contributed by atoms with Crippen molar-refractivity contribution in [3.05, 3.63) is 115 Å². The predicted octanol–water partition coefficient (Wildman–Crippen LogP) is 10.2. The number of carboxylic acid groups (broad SMARTS) is 1. The van der Waals surface area contributed by atoms with Crippen LogP contribution >= 0.6 is 81.4 Å². The molecule has 0 aliphatic carbocycles. The lowest BCUT2D eigenvalue weighted by Gasteiger charge is -2.35. The minimum Gasteiger partial charge on any atom is -0.480 e. The van der Waals surface area contributed by atoms with Crippen LogP contribution in [-0.2, 0) is 52.3 Å². The summed E-state index contributed by atoms with van der Waals surface area (Å²) in [6.45, 7) is 18.3. The molecule has 5 amide bonds. The SMILES string of the molecule is CN1CC(C(=O)O)NCC1=O.CN1CC(c2nc3cc(B4OC(C)(C)C(C)(C)O4)ccc3s2)N(C)CC1=O.CN1CC(c2nc3cc(Cl)ccc3s2)N(C)CC1=O.CN1CC(c2nc3cc(Cl)ccc3s2)NCC1=O.C[C@H]1CC=C(OS(=O)(=O)C(F)(F)F)N(C(=O)OC(C)(C)C)C1.Nc1cc(Cl)ccc1S. The van der Waals surface area contributed by atoms with Gasteiger partial charge in [0.1, 0.15) is 26.7 Å². The third kappa shape index (κ3) is 22.0. The van der Waals surface area contributed by atoms with Crippen molar-refractivity contribution < 1.29 is 73.7 Å². The molecule has 5 atom stereocenters. The van der Waals surface area contributed by atoms with Gasteiger partial charge in [0.05, 0.1) is 86.2 Å². The van der Waals surface area contributed by atoms with Gasteiger partial charge >= 0.3 is 34.8 Å². The van der Waals surface area contributed by atoms with Gasteiger partial charge in [-0.1, -0.05) is 47.8 Å². The van der Waals surface area contributed by atoms with Gasteiger partial charge < -0.3 is 48.7 Å². The molecule has 0 saturated carbocycles. The number of aliphatic carboxylic acids is 1. The molecule has 5 fully saturated rings. The van der Waals surface area contributed by atoms with Crippen LogP contribution in [0.3, 0.4) is 0 Å². The molecule has 3 aromatic heterocycles. The van der Waals surface area contributed by atoms with E-state index in [-0.39, 0.29) is 92.0 Å². The lowest BCUT2D eigenvalue weighted by molar-refractivity contribution is -0.143. The second kappa shape index (κ2) is 34.9. The molecule has 0 spiro atoms. The molecule has 13 rings (SSSR count). The standard InChI is InChI=1S/C19H26BN3O3S.C13H14ClN3OS.C12H12ClN3OS.C12H18F3NO5S.C6H6ClNS.C6H10N2O3/c1-18(2)19(3,4)26-20(25-18)12-7-8-15-13(9-12)21-17(27-15)14-10-23(6)16(24)11-22(14)5;1-16-7-12(18)17(2)6-10(16)13-15-9-5-8(14)3-4-11(9)19-13;1-16-6-9(14-5-11(16)17)12-15-8-4-7(13)2-3-10(8)18-12;1-8-5-6-9(21-22(18,19)12(13,14)15)16(7-8)10(17)20-11(2,3)4;7-4-1-2-6(9)5(8)3-4;1-8-3-4(6(10)11)7-2-5(8)9/h7-9,14H,10-11H2,1-6H3;3-5,10H,6-7H2,1-2H3;2-4,9,14H,5-6H2,1H3;6,8H,5,7H2,1-4H3;1-3,9H,8H2;4,7H,2-3H2,1H3,(H,10,11)/t;;;8-;;/m...0../s1. The number of benzene rings is 4. The highest BCUT2D eigenvalue weighted by Gasteiger charge is 2.52. The number of anilines is 1. The fraction of sp³-hybridized carbons (Fsp3) is 0.485. The Labute approximate surface area is 646 Å². The van der Waals surface area contributed by atoms with Crippen LogP contribution in [0, 0.1) is 5.92 Å². The van der Waals surface area contributed by atoms with Gasteiger partial charge in [-0.15, -0.1) is 46.6 Å². The van der Waals surface area contributed by atoms with Crippen LogP contribution in [-0.4, -0.2) is 235 Å². The summed E-state index contributed by atoms with van der Waals surface area (Å²) < 4.78 is 84.2. The van der Waals surface area contributed by atoms with E-state index >= 15 is 0 Å². The third-order valence-corrected chi connectivity index (χ3v) is 23.2. The summed E-state index contributed by atoms with van der Waals surface area (Å²) in [6.07, 6.45) is 0.436. The highest BCUT2D eigenvalue weighted by atomic mass is 35.5. The van der Waals surface area contributed by atoms with E-state index in [0.717, 1.165) is 67.0 Å². The monoisotopic (exact) mass is 1630 g/mol. The van der Waals surface area contributed by atoms with Crippen molar-refractivity contribution in [2.45, 2.75) is 113 Å². The Kier molecular flexibility index (Phi) is 28.0. The minimum absolute atomic E-state index is 0.00583. The lowest BCUT2D eigenvalue weighted by Crippen LogP contribution is -2.55. The van der Waals surface area contributed by atoms with Gasteiger partial charge in [0, 0.05) is 86.6 Å². The number of carboxylic acids is 1. The van der Waals surface area contributed by atoms with Crippen LogP contribution in [0.5, 0.6) is 0 Å². The number of aromatic nitrogens is 3. The molecule has 6 aliphatic heterocycles. The molecular weight excluding hydrogens is 1540 g/mol. The first-order valence-corrected chi connectivity index (χ1v) is 38.6. The van der Waals surface area contributed by atoms with Crippen molar-refractivity contribution in [1.82, 2.24) is 59.9 Å². The van der Waals surface area contributed by atoms with Gasteiger partial charge in [-0.3, -0.25) is 44.4 Å². The van der Waals surface area contributed by atoms with Crippen LogP contribution in [0.15, 0.2) is 89.7 Å². The molecule has 0 bridgehead atoms. The molecule has 576 valence electrons. The highest BCUT2D eigenvalue weighted by Crippen LogP contribution is 2.39. The van der Waals surface area contributed by atoms with Gasteiger partial charge in [-0.2, -0.15) is 21.6 Å². The molecule has 9 heterocycles. The zero-order valence-electron chi connectivity index (χ0n) is 60.8. The maximum absolute atomic E-state index is 12.4. The van der Waals surface area contributed by atoms with Gasteiger partial charge in [-0.25, -0.2) is 24.6 Å². The van der Waals surface area contributed by atoms with Crippen LogP contribution in [0.4, 0.5) is 23.7 Å². The summed E-state index contributed by atoms with van der Waals surface area (Å²) in [4.78, 5) is 94.7. The largest absolute Gasteiger partial charge is 0.534 e. The molecular formula is C68H86BCl3F3N13O13S5. The summed E-state index contributed by atoms with van der Waals surface area (Å²) in [5.41, 5.74) is 2.69. The molecule has 7 aromatic rings. The van der Waals surface area contributed by atoms with Crippen molar-refractivity contribution in [3.63, 3.8) is 0 Å². The topological polar surface area (TPSA) is 305 Å². The number of nitrogens with two attached hydrogens (primary N) is 1. The Morgan fingerprint density at radius 1 is 0.660 bits per heavy atom. The van der Waals surface area contributed by atoms with E-state index in [4.69, 9.17) is 64.7 Å². The van der Waals surface area contributed by atoms with Crippen molar-refractivity contribution >= 4 is 176 Å². The molecule has 4 aromatic carbocycles. The van der Waals surface area contributed by atoms with Gasteiger partial charge in [0.25, 0.3) is 0 Å². The summed E-state index contributed by atoms with van der Waals surface area (Å²) >= 11 is 26.6. The maximum atomic E-state index is 12.4. The Morgan fingerprint density at radius 3 is 1.57 bits per heavy atom. The zero-order valence-corrected chi connectivity index (χ0v) is 67.2. The van der Waals surface area contributed by atoms with E-state index in [0.29, 0.717) is 60.0 Å². The number of nitrogens with one attached hydrogen (secondary N) is 2. The minimum atomic E-state index is -5.84. The number of nitrogen functional groups attached to an aromatic ring is 1. The Balaban J connectivity index is 0.000000166. The Morgan fingerprint density at radius 2 is 1.10 bits per heavy atom. The van der Waals surface area contributed by atoms with E-state index in [1.165, 1.54) is 4.90 Å². The molecule has 38 heteroatoms. The van der Waals surface area contributed by atoms with Gasteiger partial charge in [0.15, 0.2) is 0 Å². The molecule has 5 saturated heterocycles. The van der Waals surface area contributed by atoms with E-state index in [1.807, 2.05) is 71.6 Å². The number of carbonyl (C=O) groups is 6. The number of fused-ring (bicyclic) bond motifs is 3. The van der Waals surface area contributed by atoms with E-state index in [9.17, 15) is 50.4 Å². The number of likely N-dealkylation sites (N-methyl/N-ethyl adjacent to an activating group) is 6. The maximum Gasteiger partial charge on any atom is 0.534 e. The number of alkyl halides is 3. The molecule has 6 aliphatic rings. The molecule has 5 N–H and O–H groups in total. The predicted molar refractivity (Wildman–Crippen MR) is 410 cm³/mol. The van der Waals surface area contributed by atoms with E-state index in [2.05, 4.69) is 93.1 Å².